The standard InChI is InChI=1S/C10H10ClF3O/c1-2-5-15-9-6-7(11)3-4-8(9)10(12,13)14/h3-4,6H,2,5H2,1H3. The Morgan fingerprint density at radius 3 is 2.53 bits per heavy atom. The van der Waals surface area contributed by atoms with E-state index >= 15 is 0 Å². The molecule has 0 aliphatic rings. The molecule has 0 N–H and O–H groups in total. The lowest BCUT2D eigenvalue weighted by Gasteiger charge is -2.13. The number of alkyl halides is 3. The Labute approximate surface area is 90.8 Å². The zero-order valence-corrected chi connectivity index (χ0v) is 8.82. The first-order valence-electron chi connectivity index (χ1n) is 4.44. The summed E-state index contributed by atoms with van der Waals surface area (Å²) in [6.07, 6.45) is -3.77. The van der Waals surface area contributed by atoms with Gasteiger partial charge < -0.3 is 4.74 Å². The second-order valence-electron chi connectivity index (χ2n) is 2.99. The van der Waals surface area contributed by atoms with Crippen molar-refractivity contribution in [3.63, 3.8) is 0 Å². The van der Waals surface area contributed by atoms with E-state index in [0.29, 0.717) is 6.42 Å². The van der Waals surface area contributed by atoms with Gasteiger partial charge in [0.1, 0.15) is 5.75 Å². The van der Waals surface area contributed by atoms with Crippen LogP contribution in [0.15, 0.2) is 18.2 Å². The molecule has 0 bridgehead atoms. The molecule has 0 fully saturated rings. The maximum atomic E-state index is 12.5. The Bertz CT molecular complexity index is 336. The molecule has 1 aromatic rings. The zero-order valence-electron chi connectivity index (χ0n) is 8.07. The van der Waals surface area contributed by atoms with E-state index in [1.54, 1.807) is 0 Å². The molecule has 0 unspecified atom stereocenters. The number of benzene rings is 1. The molecule has 1 nitrogen and oxygen atoms in total. The van der Waals surface area contributed by atoms with Gasteiger partial charge in [-0.3, -0.25) is 0 Å². The van der Waals surface area contributed by atoms with Crippen LogP contribution in [0.5, 0.6) is 5.75 Å². The maximum Gasteiger partial charge on any atom is 0.419 e. The molecule has 0 heterocycles. The van der Waals surface area contributed by atoms with E-state index in [9.17, 15) is 13.2 Å². The van der Waals surface area contributed by atoms with E-state index in [2.05, 4.69) is 0 Å². The van der Waals surface area contributed by atoms with Crippen molar-refractivity contribution in [1.82, 2.24) is 0 Å². The largest absolute Gasteiger partial charge is 0.493 e. The van der Waals surface area contributed by atoms with Gasteiger partial charge in [0.25, 0.3) is 0 Å². The van der Waals surface area contributed by atoms with Crippen molar-refractivity contribution in [3.05, 3.63) is 28.8 Å². The van der Waals surface area contributed by atoms with E-state index in [0.717, 1.165) is 6.07 Å². The third-order valence-corrected chi connectivity index (χ3v) is 1.95. The highest BCUT2D eigenvalue weighted by Gasteiger charge is 2.34. The van der Waals surface area contributed by atoms with Crippen LogP contribution in [-0.4, -0.2) is 6.61 Å². The minimum Gasteiger partial charge on any atom is -0.493 e. The van der Waals surface area contributed by atoms with Gasteiger partial charge in [0, 0.05) is 5.02 Å². The predicted molar refractivity (Wildman–Crippen MR) is 52.2 cm³/mol. The summed E-state index contributed by atoms with van der Waals surface area (Å²) >= 11 is 5.60. The summed E-state index contributed by atoms with van der Waals surface area (Å²) in [5, 5.41) is 0.231. The van der Waals surface area contributed by atoms with Crippen molar-refractivity contribution in [3.8, 4) is 5.75 Å². The van der Waals surface area contributed by atoms with Gasteiger partial charge in [-0.1, -0.05) is 18.5 Å². The first-order valence-corrected chi connectivity index (χ1v) is 4.82. The normalized spacial score (nSPS) is 11.5. The molecule has 0 radical (unpaired) electrons. The lowest BCUT2D eigenvalue weighted by molar-refractivity contribution is -0.138. The summed E-state index contributed by atoms with van der Waals surface area (Å²) in [6, 6.07) is 3.30. The summed E-state index contributed by atoms with van der Waals surface area (Å²) in [7, 11) is 0. The van der Waals surface area contributed by atoms with E-state index < -0.39 is 11.7 Å². The molecule has 1 rings (SSSR count). The van der Waals surface area contributed by atoms with Gasteiger partial charge in [-0.05, 0) is 24.6 Å². The first-order chi connectivity index (χ1) is 6.95. The van der Waals surface area contributed by atoms with Crippen LogP contribution in [0.1, 0.15) is 18.9 Å². The third-order valence-electron chi connectivity index (χ3n) is 1.71. The summed E-state index contributed by atoms with van der Waals surface area (Å²) in [6.45, 7) is 2.06. The monoisotopic (exact) mass is 238 g/mol. The van der Waals surface area contributed by atoms with Crippen LogP contribution in [0, 0.1) is 0 Å². The highest BCUT2D eigenvalue weighted by atomic mass is 35.5. The van der Waals surface area contributed by atoms with Gasteiger partial charge in [-0.15, -0.1) is 0 Å². The van der Waals surface area contributed by atoms with Crippen LogP contribution in [-0.2, 0) is 6.18 Å². The van der Waals surface area contributed by atoms with Crippen molar-refractivity contribution in [2.75, 3.05) is 6.61 Å². The van der Waals surface area contributed by atoms with Crippen LogP contribution < -0.4 is 4.74 Å². The smallest absolute Gasteiger partial charge is 0.419 e. The van der Waals surface area contributed by atoms with Crippen molar-refractivity contribution in [1.29, 1.82) is 0 Å². The van der Waals surface area contributed by atoms with Gasteiger partial charge in [-0.25, -0.2) is 0 Å². The van der Waals surface area contributed by atoms with Crippen LogP contribution in [0.4, 0.5) is 13.2 Å². The lowest BCUT2D eigenvalue weighted by Crippen LogP contribution is -2.09. The molecule has 0 saturated heterocycles. The van der Waals surface area contributed by atoms with Crippen LogP contribution in [0.25, 0.3) is 0 Å². The Morgan fingerprint density at radius 1 is 1.33 bits per heavy atom. The van der Waals surface area contributed by atoms with Gasteiger partial charge in [0.05, 0.1) is 12.2 Å². The van der Waals surface area contributed by atoms with Gasteiger partial charge >= 0.3 is 6.18 Å². The molecule has 5 heteroatoms. The number of hydrogen-bond donors (Lipinski definition) is 0. The Hall–Kier alpha value is -0.900. The second-order valence-corrected chi connectivity index (χ2v) is 3.42. The molecule has 0 spiro atoms. The average molecular weight is 239 g/mol. The lowest BCUT2D eigenvalue weighted by atomic mass is 10.2. The van der Waals surface area contributed by atoms with Crippen LogP contribution in [0.2, 0.25) is 5.02 Å². The minimum atomic E-state index is -4.41. The number of ether oxygens (including phenoxy) is 1. The van der Waals surface area contributed by atoms with Crippen molar-refractivity contribution in [2.45, 2.75) is 19.5 Å². The summed E-state index contributed by atoms with van der Waals surface area (Å²) in [5.74, 6) is -0.211. The highest BCUT2D eigenvalue weighted by molar-refractivity contribution is 6.30. The molecule has 0 aromatic heterocycles. The Kier molecular flexibility index (Phi) is 3.85. The number of rotatable bonds is 3. The molecular weight excluding hydrogens is 229 g/mol. The quantitative estimate of drug-likeness (QED) is 0.769. The molecule has 0 saturated carbocycles. The van der Waals surface area contributed by atoms with Crippen molar-refractivity contribution in [2.24, 2.45) is 0 Å². The number of halogens is 4. The average Bonchev–Trinajstić information content (AvgIpc) is 2.12. The SMILES string of the molecule is CCCOc1cc(Cl)ccc1C(F)(F)F. The maximum absolute atomic E-state index is 12.5. The van der Waals surface area contributed by atoms with Crippen LogP contribution in [0.3, 0.4) is 0 Å². The van der Waals surface area contributed by atoms with E-state index in [1.165, 1.54) is 12.1 Å². The predicted octanol–water partition coefficient (Wildman–Crippen LogP) is 4.15. The fourth-order valence-corrected chi connectivity index (χ4v) is 1.22. The zero-order chi connectivity index (χ0) is 11.5. The topological polar surface area (TPSA) is 9.23 Å². The fraction of sp³-hybridized carbons (Fsp3) is 0.400. The third kappa shape index (κ3) is 3.30. The molecule has 0 atom stereocenters. The van der Waals surface area contributed by atoms with Crippen LogP contribution >= 0.6 is 11.6 Å². The highest BCUT2D eigenvalue weighted by Crippen LogP contribution is 2.37. The van der Waals surface area contributed by atoms with E-state index in [4.69, 9.17) is 16.3 Å². The second kappa shape index (κ2) is 4.75. The van der Waals surface area contributed by atoms with Crippen molar-refractivity contribution >= 4 is 11.6 Å². The molecule has 0 aliphatic heterocycles. The number of hydrogen-bond acceptors (Lipinski definition) is 1. The van der Waals surface area contributed by atoms with Gasteiger partial charge in [0.15, 0.2) is 0 Å². The molecule has 15 heavy (non-hydrogen) atoms. The van der Waals surface area contributed by atoms with E-state index in [1.807, 2.05) is 6.92 Å². The summed E-state index contributed by atoms with van der Waals surface area (Å²) in [4.78, 5) is 0. The molecular formula is C10H10ClF3O. The van der Waals surface area contributed by atoms with Crippen molar-refractivity contribution < 1.29 is 17.9 Å². The molecule has 0 amide bonds. The first kappa shape index (κ1) is 12.2. The fourth-order valence-electron chi connectivity index (χ4n) is 1.06. The minimum absolute atomic E-state index is 0.211. The molecule has 1 aromatic carbocycles. The molecule has 84 valence electrons. The van der Waals surface area contributed by atoms with Gasteiger partial charge in [-0.2, -0.15) is 13.2 Å². The molecule has 0 aliphatic carbocycles. The Balaban J connectivity index is 3.03. The van der Waals surface area contributed by atoms with E-state index in [-0.39, 0.29) is 17.4 Å². The van der Waals surface area contributed by atoms with Gasteiger partial charge in [0.2, 0.25) is 0 Å². The Morgan fingerprint density at radius 2 is 2.00 bits per heavy atom. The summed E-state index contributed by atoms with van der Waals surface area (Å²) in [5.41, 5.74) is -0.791. The summed E-state index contributed by atoms with van der Waals surface area (Å²) < 4.78 is 42.4.